The molecular weight excluding hydrogens is 434 g/mol. The number of morpholine rings is 1. The lowest BCUT2D eigenvalue weighted by Crippen LogP contribution is -2.47. The predicted octanol–water partition coefficient (Wildman–Crippen LogP) is 3.03. The molecule has 1 aliphatic heterocycles. The van der Waals surface area contributed by atoms with Crippen molar-refractivity contribution in [2.24, 2.45) is 0 Å². The van der Waals surface area contributed by atoms with Crippen LogP contribution >= 0.6 is 23.4 Å². The van der Waals surface area contributed by atoms with Gasteiger partial charge in [-0.05, 0) is 23.8 Å². The van der Waals surface area contributed by atoms with Gasteiger partial charge < -0.3 is 10.1 Å². The van der Waals surface area contributed by atoms with Crippen molar-refractivity contribution >= 4 is 29.3 Å². The molecule has 0 spiro atoms. The molecule has 1 fully saturated rings. The van der Waals surface area contributed by atoms with E-state index in [2.05, 4.69) is 44.7 Å². The molecule has 1 amide bonds. The van der Waals surface area contributed by atoms with Crippen molar-refractivity contribution in [1.29, 1.82) is 0 Å². The third kappa shape index (κ3) is 6.30. The minimum absolute atomic E-state index is 0.0125. The zero-order valence-electron chi connectivity index (χ0n) is 17.0. The number of aromatic nitrogens is 3. The number of ether oxygens (including phenoxy) is 1. The van der Waals surface area contributed by atoms with E-state index in [1.165, 1.54) is 17.3 Å². The van der Waals surface area contributed by atoms with Crippen LogP contribution in [0.5, 0.6) is 0 Å². The first kappa shape index (κ1) is 21.8. The summed E-state index contributed by atoms with van der Waals surface area (Å²) in [6.45, 7) is 3.75. The Labute approximate surface area is 190 Å². The van der Waals surface area contributed by atoms with Crippen molar-refractivity contribution < 1.29 is 9.53 Å². The third-order valence-electron chi connectivity index (χ3n) is 4.93. The minimum Gasteiger partial charge on any atom is -0.374 e. The summed E-state index contributed by atoms with van der Waals surface area (Å²) in [6, 6.07) is 17.8. The van der Waals surface area contributed by atoms with E-state index in [0.29, 0.717) is 23.3 Å². The molecular formula is C22H24ClN5O2S. The standard InChI is InChI=1S/C22H24ClN5O2S/c23-18-7-4-8-19(11-18)28-16-25-26-22(28)31-15-21(29)24-12-20-14-27(9-10-30-20)13-17-5-2-1-3-6-17/h1-8,11,16,20H,9-10,12-15H2,(H,24,29). The second-order valence-corrected chi connectivity index (χ2v) is 8.65. The smallest absolute Gasteiger partial charge is 0.230 e. The van der Waals surface area contributed by atoms with Gasteiger partial charge in [-0.2, -0.15) is 0 Å². The second kappa shape index (κ2) is 10.8. The van der Waals surface area contributed by atoms with Gasteiger partial charge in [0.25, 0.3) is 0 Å². The molecule has 1 saturated heterocycles. The average Bonchev–Trinajstić information content (AvgIpc) is 3.26. The monoisotopic (exact) mass is 457 g/mol. The number of hydrogen-bond donors (Lipinski definition) is 1. The first-order chi connectivity index (χ1) is 15.2. The fourth-order valence-electron chi connectivity index (χ4n) is 3.42. The number of thioether (sulfide) groups is 1. The molecule has 2 aromatic carbocycles. The zero-order chi connectivity index (χ0) is 21.5. The highest BCUT2D eigenvalue weighted by molar-refractivity contribution is 7.99. The maximum atomic E-state index is 12.4. The van der Waals surface area contributed by atoms with Gasteiger partial charge in [0.15, 0.2) is 5.16 Å². The molecule has 0 aliphatic carbocycles. The number of rotatable bonds is 8. The Bertz CT molecular complexity index is 1000. The largest absolute Gasteiger partial charge is 0.374 e. The molecule has 1 aliphatic rings. The van der Waals surface area contributed by atoms with Crippen LogP contribution in [-0.4, -0.2) is 63.7 Å². The van der Waals surface area contributed by atoms with Crippen molar-refractivity contribution in [3.63, 3.8) is 0 Å². The number of benzene rings is 2. The van der Waals surface area contributed by atoms with Gasteiger partial charge in [-0.25, -0.2) is 0 Å². The first-order valence-electron chi connectivity index (χ1n) is 10.1. The summed E-state index contributed by atoms with van der Waals surface area (Å²) in [6.07, 6.45) is 1.60. The Morgan fingerprint density at radius 2 is 2.10 bits per heavy atom. The molecule has 9 heteroatoms. The van der Waals surface area contributed by atoms with Crippen LogP contribution in [0.15, 0.2) is 66.1 Å². The van der Waals surface area contributed by atoms with Gasteiger partial charge in [0.05, 0.1) is 24.2 Å². The number of carbonyl (C=O) groups is 1. The number of nitrogens with one attached hydrogen (secondary N) is 1. The van der Waals surface area contributed by atoms with Gasteiger partial charge in [-0.3, -0.25) is 14.3 Å². The van der Waals surface area contributed by atoms with E-state index in [-0.39, 0.29) is 17.8 Å². The highest BCUT2D eigenvalue weighted by Gasteiger charge is 2.21. The summed E-state index contributed by atoms with van der Waals surface area (Å²) in [5.74, 6) is 0.189. The lowest BCUT2D eigenvalue weighted by atomic mass is 10.2. The third-order valence-corrected chi connectivity index (χ3v) is 6.11. The van der Waals surface area contributed by atoms with Crippen molar-refractivity contribution in [3.8, 4) is 5.69 Å². The summed E-state index contributed by atoms with van der Waals surface area (Å²) in [7, 11) is 0. The fraction of sp³-hybridized carbons (Fsp3) is 0.318. The topological polar surface area (TPSA) is 72.3 Å². The lowest BCUT2D eigenvalue weighted by molar-refractivity contribution is -0.119. The fourth-order valence-corrected chi connectivity index (χ4v) is 4.37. The number of hydrogen-bond acceptors (Lipinski definition) is 6. The van der Waals surface area contributed by atoms with E-state index in [0.717, 1.165) is 25.3 Å². The Hall–Kier alpha value is -2.39. The summed E-state index contributed by atoms with van der Waals surface area (Å²) < 4.78 is 7.65. The number of halogens is 1. The SMILES string of the molecule is O=C(CSc1nncn1-c1cccc(Cl)c1)NCC1CN(Cc2ccccc2)CCO1. The first-order valence-corrected chi connectivity index (χ1v) is 11.5. The molecule has 31 heavy (non-hydrogen) atoms. The van der Waals surface area contributed by atoms with E-state index in [1.807, 2.05) is 34.9 Å². The number of nitrogens with zero attached hydrogens (tertiary/aromatic N) is 4. The van der Waals surface area contributed by atoms with Crippen molar-refractivity contribution in [3.05, 3.63) is 71.5 Å². The molecule has 1 N–H and O–H groups in total. The van der Waals surface area contributed by atoms with Crippen LogP contribution in [0.3, 0.4) is 0 Å². The highest BCUT2D eigenvalue weighted by atomic mass is 35.5. The molecule has 4 rings (SSSR count). The van der Waals surface area contributed by atoms with Crippen molar-refractivity contribution in [2.75, 3.05) is 32.0 Å². The van der Waals surface area contributed by atoms with E-state index in [1.54, 1.807) is 6.33 Å². The Morgan fingerprint density at radius 1 is 1.23 bits per heavy atom. The van der Waals surface area contributed by atoms with Crippen LogP contribution in [0, 0.1) is 0 Å². The summed E-state index contributed by atoms with van der Waals surface area (Å²) >= 11 is 7.41. The molecule has 0 saturated carbocycles. The molecule has 3 aromatic rings. The van der Waals surface area contributed by atoms with Crippen LogP contribution in [0.2, 0.25) is 5.02 Å². The molecule has 1 aromatic heterocycles. The average molecular weight is 458 g/mol. The minimum atomic E-state index is -0.0607. The molecule has 162 valence electrons. The molecule has 1 atom stereocenters. The van der Waals surface area contributed by atoms with Gasteiger partial charge in [0.1, 0.15) is 6.33 Å². The van der Waals surface area contributed by atoms with Crippen LogP contribution < -0.4 is 5.32 Å². The number of amides is 1. The van der Waals surface area contributed by atoms with Gasteiger partial charge in [0.2, 0.25) is 5.91 Å². The van der Waals surface area contributed by atoms with Crippen LogP contribution in [0.4, 0.5) is 0 Å². The molecule has 7 nitrogen and oxygen atoms in total. The van der Waals surface area contributed by atoms with Gasteiger partial charge in [-0.15, -0.1) is 10.2 Å². The van der Waals surface area contributed by atoms with Crippen molar-refractivity contribution in [2.45, 2.75) is 17.8 Å². The predicted molar refractivity (Wildman–Crippen MR) is 122 cm³/mol. The maximum Gasteiger partial charge on any atom is 0.230 e. The van der Waals surface area contributed by atoms with Crippen LogP contribution in [-0.2, 0) is 16.1 Å². The summed E-state index contributed by atoms with van der Waals surface area (Å²) in [4.78, 5) is 14.7. The normalized spacial score (nSPS) is 16.9. The number of carbonyl (C=O) groups excluding carboxylic acids is 1. The van der Waals surface area contributed by atoms with Gasteiger partial charge in [0, 0.05) is 31.2 Å². The Kier molecular flexibility index (Phi) is 7.58. The van der Waals surface area contributed by atoms with E-state index < -0.39 is 0 Å². The lowest BCUT2D eigenvalue weighted by Gasteiger charge is -2.33. The molecule has 2 heterocycles. The van der Waals surface area contributed by atoms with E-state index in [4.69, 9.17) is 16.3 Å². The highest BCUT2D eigenvalue weighted by Crippen LogP contribution is 2.21. The van der Waals surface area contributed by atoms with Gasteiger partial charge >= 0.3 is 0 Å². The molecule has 1 unspecified atom stereocenters. The van der Waals surface area contributed by atoms with E-state index >= 15 is 0 Å². The Balaban J connectivity index is 1.23. The summed E-state index contributed by atoms with van der Waals surface area (Å²) in [5, 5.41) is 12.3. The second-order valence-electron chi connectivity index (χ2n) is 7.27. The van der Waals surface area contributed by atoms with Gasteiger partial charge in [-0.1, -0.05) is 59.8 Å². The molecule has 0 radical (unpaired) electrons. The molecule has 0 bridgehead atoms. The van der Waals surface area contributed by atoms with Crippen LogP contribution in [0.1, 0.15) is 5.56 Å². The summed E-state index contributed by atoms with van der Waals surface area (Å²) in [5.41, 5.74) is 2.14. The maximum absolute atomic E-state index is 12.4. The Morgan fingerprint density at radius 3 is 2.94 bits per heavy atom. The quantitative estimate of drug-likeness (QED) is 0.524. The van der Waals surface area contributed by atoms with Crippen molar-refractivity contribution in [1.82, 2.24) is 25.0 Å². The van der Waals surface area contributed by atoms with Crippen LogP contribution in [0.25, 0.3) is 5.69 Å². The zero-order valence-corrected chi connectivity index (χ0v) is 18.6. The van der Waals surface area contributed by atoms with E-state index in [9.17, 15) is 4.79 Å².